The minimum atomic E-state index is -6.17. The van der Waals surface area contributed by atoms with Gasteiger partial charge in [0.15, 0.2) is 0 Å². The summed E-state index contributed by atoms with van der Waals surface area (Å²) in [5.74, 6) is -1.82. The van der Waals surface area contributed by atoms with E-state index in [4.69, 9.17) is 0 Å². The maximum absolute atomic E-state index is 14.5. The molecular formula is C68H95F5N8O9S3. The topological polar surface area (TPSA) is 206 Å². The molecule has 25 heteroatoms. The molecule has 0 spiro atoms. The lowest BCUT2D eigenvalue weighted by atomic mass is 9.69. The Kier molecular flexibility index (Phi) is 24.8. The minimum absolute atomic E-state index is 0.0577. The van der Waals surface area contributed by atoms with Gasteiger partial charge in [-0.3, -0.25) is 24.1 Å². The summed E-state index contributed by atoms with van der Waals surface area (Å²) in [6, 6.07) is 15.8. The van der Waals surface area contributed by atoms with Crippen molar-refractivity contribution in [1.82, 2.24) is 29.6 Å². The predicted molar refractivity (Wildman–Crippen MR) is 352 cm³/mol. The molecule has 4 fully saturated rings. The number of nitrogens with zero attached hydrogens (tertiary/aromatic N) is 5. The zero-order valence-electron chi connectivity index (χ0n) is 54.8. The lowest BCUT2D eigenvalue weighted by Crippen LogP contribution is -2.55. The lowest BCUT2D eigenvalue weighted by molar-refractivity contribution is -0.141. The van der Waals surface area contributed by atoms with Gasteiger partial charge in [0.1, 0.15) is 17.2 Å². The van der Waals surface area contributed by atoms with Gasteiger partial charge in [0.05, 0.1) is 16.6 Å². The van der Waals surface area contributed by atoms with E-state index in [2.05, 4.69) is 46.1 Å². The number of rotatable bonds is 29. The zero-order chi connectivity index (χ0) is 67.6. The standard InChI is InChI=1S/C68H95F5N8O9S3/c1-46(40-56(63(69)70)47-19-20-47)57-42-67(5,6)31-27-49(57)43-79-36-38-80(39-37-79)52-23-21-48(22-24-52)64(85)76-93(89,90)55-25-26-58(59(41-55)92(87,88)68(71,72)73)74-50(45-91-54-15-9-8-10-16-54)28-33-78-34-29-51(30-35-78)77(7)61(84)18-12-11-17-60(83)75-62(66(2,3)4)65(86)81-32-13-14-53(81)44-82/h8-10,15-16,21-26,41,44,46-47,50-51,53,56,62-63,74H,11-14,17-20,27-40,42-43,45H2,1-7H3,(H,75,83)(H,76,85). The first-order valence-corrected chi connectivity index (χ1v) is 36.9. The van der Waals surface area contributed by atoms with Gasteiger partial charge in [-0.2, -0.15) is 13.2 Å². The number of unbranched alkanes of at least 4 members (excludes halogenated alkanes) is 1. The molecule has 3 saturated heterocycles. The summed E-state index contributed by atoms with van der Waals surface area (Å²) in [5.41, 5.74) is -3.37. The maximum atomic E-state index is 14.5. The molecule has 1 saturated carbocycles. The van der Waals surface area contributed by atoms with Crippen LogP contribution in [0.25, 0.3) is 0 Å². The van der Waals surface area contributed by atoms with Gasteiger partial charge in [-0.05, 0) is 161 Å². The van der Waals surface area contributed by atoms with Gasteiger partial charge >= 0.3 is 5.51 Å². The first kappa shape index (κ1) is 73.2. The number of nitrogens with one attached hydrogen (secondary N) is 3. The molecule has 5 unspecified atom stereocenters. The highest BCUT2D eigenvalue weighted by Gasteiger charge is 2.49. The molecule has 3 aromatic rings. The largest absolute Gasteiger partial charge is 0.501 e. The quantitative estimate of drug-likeness (QED) is 0.0194. The third kappa shape index (κ3) is 19.8. The molecule has 3 aliphatic heterocycles. The number of anilines is 2. The van der Waals surface area contributed by atoms with E-state index >= 15 is 0 Å². The molecule has 3 N–H and O–H groups in total. The number of hydrogen-bond donors (Lipinski definition) is 3. The summed E-state index contributed by atoms with van der Waals surface area (Å²) in [6.07, 6.45) is 7.73. The number of allylic oxidation sites excluding steroid dienone is 1. The highest BCUT2D eigenvalue weighted by atomic mass is 32.2. The SMILES string of the molecule is CC(CC(C(F)F)C1CC1)C1=C(CN2CCN(c3ccc(C(=O)NS(=O)(=O)c4ccc(NC(CCN5CCC(N(C)C(=O)CCCCC(=O)NC(C(=O)N6CCCC6C=O)C(C)(C)C)CC5)CSc5ccccc5)c(S(=O)(=O)C(F)(F)F)c4)cc3)CC2)CCC(C)(C)C1. The molecule has 514 valence electrons. The van der Waals surface area contributed by atoms with Gasteiger partial charge in [0.25, 0.3) is 25.8 Å². The Hall–Kier alpha value is -5.63. The zero-order valence-corrected chi connectivity index (χ0v) is 57.3. The third-order valence-electron chi connectivity index (χ3n) is 19.4. The number of likely N-dealkylation sites (tertiary alicyclic amines) is 2. The Morgan fingerprint density at radius 3 is 2.12 bits per heavy atom. The van der Waals surface area contributed by atoms with E-state index < -0.39 is 82.6 Å². The number of sulfonamides is 1. The highest BCUT2D eigenvalue weighted by Crippen LogP contribution is 2.48. The van der Waals surface area contributed by atoms with Crippen LogP contribution in [0.3, 0.4) is 0 Å². The number of sulfone groups is 1. The van der Waals surface area contributed by atoms with E-state index in [-0.39, 0.29) is 65.2 Å². The van der Waals surface area contributed by atoms with Gasteiger partial charge in [0.2, 0.25) is 24.1 Å². The molecule has 5 aliphatic rings. The van der Waals surface area contributed by atoms with E-state index in [0.717, 1.165) is 87.2 Å². The van der Waals surface area contributed by atoms with Crippen LogP contribution in [0.2, 0.25) is 0 Å². The second kappa shape index (κ2) is 31.5. The van der Waals surface area contributed by atoms with E-state index in [0.29, 0.717) is 90.3 Å². The average molecular weight is 1360 g/mol. The molecule has 0 radical (unpaired) electrons. The van der Waals surface area contributed by atoms with Gasteiger partial charge in [-0.15, -0.1) is 11.8 Å². The summed E-state index contributed by atoms with van der Waals surface area (Å²) in [4.78, 5) is 73.7. The van der Waals surface area contributed by atoms with Crippen molar-refractivity contribution in [2.75, 3.05) is 81.9 Å². The van der Waals surface area contributed by atoms with E-state index in [9.17, 15) is 62.8 Å². The number of benzene rings is 3. The van der Waals surface area contributed by atoms with Crippen LogP contribution in [0.5, 0.6) is 0 Å². The van der Waals surface area contributed by atoms with Crippen molar-refractivity contribution < 1.29 is 62.8 Å². The van der Waals surface area contributed by atoms with Crippen molar-refractivity contribution in [3.8, 4) is 0 Å². The van der Waals surface area contributed by atoms with Crippen molar-refractivity contribution in [3.63, 3.8) is 0 Å². The smallest absolute Gasteiger partial charge is 0.380 e. The number of carbonyl (C=O) groups is 5. The van der Waals surface area contributed by atoms with Crippen LogP contribution in [-0.2, 0) is 39.0 Å². The van der Waals surface area contributed by atoms with Gasteiger partial charge in [0, 0.05) is 119 Å². The van der Waals surface area contributed by atoms with E-state index in [1.165, 1.54) is 35.0 Å². The number of hydrogen-bond acceptors (Lipinski definition) is 14. The molecule has 2 aliphatic carbocycles. The normalized spacial score (nSPS) is 20.2. The van der Waals surface area contributed by atoms with Crippen LogP contribution in [0, 0.1) is 28.6 Å². The Labute approximate surface area is 551 Å². The average Bonchev–Trinajstić information content (AvgIpc) is 1.54. The molecule has 0 bridgehead atoms. The van der Waals surface area contributed by atoms with Crippen LogP contribution < -0.4 is 20.3 Å². The number of carbonyl (C=O) groups excluding carboxylic acids is 5. The molecule has 3 aromatic carbocycles. The third-order valence-corrected chi connectivity index (χ3v) is 23.4. The second-order valence-corrected chi connectivity index (χ2v) is 32.8. The number of thioether (sulfide) groups is 1. The molecule has 0 aromatic heterocycles. The first-order chi connectivity index (χ1) is 43.8. The van der Waals surface area contributed by atoms with Crippen LogP contribution in [-0.4, -0.2) is 174 Å². The van der Waals surface area contributed by atoms with Crippen molar-refractivity contribution in [1.29, 1.82) is 0 Å². The van der Waals surface area contributed by atoms with Crippen LogP contribution in [0.1, 0.15) is 148 Å². The minimum Gasteiger partial charge on any atom is -0.380 e. The number of halogens is 5. The fourth-order valence-electron chi connectivity index (χ4n) is 13.5. The maximum Gasteiger partial charge on any atom is 0.501 e. The molecule has 3 heterocycles. The molecule has 17 nitrogen and oxygen atoms in total. The number of piperidine rings is 1. The van der Waals surface area contributed by atoms with E-state index in [1.807, 2.05) is 55.8 Å². The van der Waals surface area contributed by atoms with E-state index in [1.54, 1.807) is 29.0 Å². The summed E-state index contributed by atoms with van der Waals surface area (Å²) in [6.45, 7) is 17.9. The fourth-order valence-corrected chi connectivity index (χ4v) is 16.5. The first-order valence-electron chi connectivity index (χ1n) is 32.9. The summed E-state index contributed by atoms with van der Waals surface area (Å²) < 4.78 is 128. The number of piperazine rings is 1. The van der Waals surface area contributed by atoms with Crippen molar-refractivity contribution in [2.45, 2.75) is 189 Å². The predicted octanol–water partition coefficient (Wildman–Crippen LogP) is 11.2. The van der Waals surface area contributed by atoms with Gasteiger partial charge in [-0.1, -0.05) is 70.9 Å². The number of aldehydes is 1. The fraction of sp³-hybridized carbons (Fsp3) is 0.632. The van der Waals surface area contributed by atoms with Crippen LogP contribution in [0.4, 0.5) is 33.3 Å². The van der Waals surface area contributed by atoms with Crippen molar-refractivity contribution >= 4 is 72.9 Å². The lowest BCUT2D eigenvalue weighted by Gasteiger charge is -2.40. The molecular weight excluding hydrogens is 1260 g/mol. The number of alkyl halides is 5. The molecule has 93 heavy (non-hydrogen) atoms. The Morgan fingerprint density at radius 1 is 0.828 bits per heavy atom. The van der Waals surface area contributed by atoms with Crippen LogP contribution >= 0.6 is 11.8 Å². The van der Waals surface area contributed by atoms with Crippen molar-refractivity contribution in [2.24, 2.45) is 28.6 Å². The summed E-state index contributed by atoms with van der Waals surface area (Å²) >= 11 is 1.40. The Balaban J connectivity index is 0.847. The van der Waals surface area contributed by atoms with Gasteiger partial charge < -0.3 is 35.0 Å². The van der Waals surface area contributed by atoms with Crippen molar-refractivity contribution in [3.05, 3.63) is 89.5 Å². The molecule has 5 atom stereocenters. The summed E-state index contributed by atoms with van der Waals surface area (Å²) in [7, 11) is -9.37. The number of amides is 4. The monoisotopic (exact) mass is 1360 g/mol. The molecule has 4 amide bonds. The van der Waals surface area contributed by atoms with Gasteiger partial charge in [-0.25, -0.2) is 30.3 Å². The summed E-state index contributed by atoms with van der Waals surface area (Å²) in [5, 5.41) is 5.90. The Bertz CT molecular complexity index is 3330. The second-order valence-electron chi connectivity index (χ2n) is 28.1. The van der Waals surface area contributed by atoms with Crippen LogP contribution in [0.15, 0.2) is 98.6 Å². The highest BCUT2D eigenvalue weighted by molar-refractivity contribution is 7.99. The molecule has 8 rings (SSSR count). The Morgan fingerprint density at radius 2 is 1.49 bits per heavy atom.